The van der Waals surface area contributed by atoms with Crippen molar-refractivity contribution < 1.29 is 12.8 Å². The van der Waals surface area contributed by atoms with Crippen LogP contribution in [0.25, 0.3) is 0 Å². The number of nitrogens with one attached hydrogen (secondary N) is 1. The van der Waals surface area contributed by atoms with Crippen LogP contribution in [0.15, 0.2) is 23.1 Å². The third-order valence-electron chi connectivity index (χ3n) is 2.84. The Labute approximate surface area is 114 Å². The molecule has 0 bridgehead atoms. The number of anilines is 1. The zero-order valence-electron chi connectivity index (χ0n) is 11.3. The zero-order valence-corrected chi connectivity index (χ0v) is 12.1. The van der Waals surface area contributed by atoms with Gasteiger partial charge in [0, 0.05) is 11.7 Å². The minimum absolute atomic E-state index is 0.201. The van der Waals surface area contributed by atoms with E-state index in [1.807, 2.05) is 0 Å². The molecular weight excluding hydrogens is 267 g/mol. The van der Waals surface area contributed by atoms with E-state index in [9.17, 15) is 12.8 Å². The van der Waals surface area contributed by atoms with Gasteiger partial charge in [-0.3, -0.25) is 0 Å². The van der Waals surface area contributed by atoms with Crippen molar-refractivity contribution in [2.24, 2.45) is 0 Å². The summed E-state index contributed by atoms with van der Waals surface area (Å²) in [5, 5.41) is 0. The van der Waals surface area contributed by atoms with E-state index >= 15 is 0 Å². The van der Waals surface area contributed by atoms with E-state index in [0.29, 0.717) is 0 Å². The molecule has 0 aliphatic rings. The minimum Gasteiger partial charge on any atom is -0.399 e. The van der Waals surface area contributed by atoms with Crippen molar-refractivity contribution in [1.82, 2.24) is 4.72 Å². The lowest BCUT2D eigenvalue weighted by Crippen LogP contribution is -2.33. The fourth-order valence-corrected chi connectivity index (χ4v) is 3.16. The number of nitrogen functional groups attached to an aromatic ring is 1. The van der Waals surface area contributed by atoms with Gasteiger partial charge in [0.15, 0.2) is 0 Å². The second kappa shape index (κ2) is 6.86. The largest absolute Gasteiger partial charge is 0.399 e. The van der Waals surface area contributed by atoms with Crippen LogP contribution in [-0.4, -0.2) is 14.5 Å². The van der Waals surface area contributed by atoms with Crippen LogP contribution in [0.1, 0.15) is 39.5 Å². The summed E-state index contributed by atoms with van der Waals surface area (Å²) >= 11 is 0. The van der Waals surface area contributed by atoms with Gasteiger partial charge in [-0.15, -0.1) is 0 Å². The van der Waals surface area contributed by atoms with Crippen molar-refractivity contribution >= 4 is 15.7 Å². The Morgan fingerprint density at radius 1 is 1.37 bits per heavy atom. The first-order valence-corrected chi connectivity index (χ1v) is 7.92. The number of unbranched alkanes of at least 4 members (excludes halogenated alkanes) is 2. The molecule has 0 aromatic heterocycles. The number of rotatable bonds is 7. The summed E-state index contributed by atoms with van der Waals surface area (Å²) in [4.78, 5) is -0.357. The van der Waals surface area contributed by atoms with Crippen LogP contribution in [0.4, 0.5) is 10.1 Å². The Kier molecular flexibility index (Phi) is 5.75. The summed E-state index contributed by atoms with van der Waals surface area (Å²) < 4.78 is 40.1. The first-order chi connectivity index (χ1) is 8.86. The Balaban J connectivity index is 2.75. The SMILES string of the molecule is CCCCCC(C)NS(=O)(=O)c1ccc(N)cc1F. The fraction of sp³-hybridized carbons (Fsp3) is 0.538. The van der Waals surface area contributed by atoms with E-state index in [1.165, 1.54) is 12.1 Å². The molecule has 1 rings (SSSR count). The third-order valence-corrected chi connectivity index (χ3v) is 4.47. The van der Waals surface area contributed by atoms with Gasteiger partial charge in [-0.1, -0.05) is 26.2 Å². The molecule has 1 aromatic carbocycles. The van der Waals surface area contributed by atoms with E-state index in [4.69, 9.17) is 5.73 Å². The molecule has 1 unspecified atom stereocenters. The zero-order chi connectivity index (χ0) is 14.5. The number of halogens is 1. The maximum absolute atomic E-state index is 13.6. The molecule has 6 heteroatoms. The molecule has 1 atom stereocenters. The Bertz CT molecular complexity index is 517. The van der Waals surface area contributed by atoms with E-state index < -0.39 is 15.8 Å². The average Bonchev–Trinajstić information content (AvgIpc) is 2.27. The van der Waals surface area contributed by atoms with Crippen LogP contribution in [0.5, 0.6) is 0 Å². The first kappa shape index (κ1) is 15.9. The van der Waals surface area contributed by atoms with Crippen molar-refractivity contribution in [3.05, 3.63) is 24.0 Å². The Hall–Kier alpha value is -1.14. The summed E-state index contributed by atoms with van der Waals surface area (Å²) in [6, 6.07) is 3.36. The van der Waals surface area contributed by atoms with Gasteiger partial charge in [-0.2, -0.15) is 0 Å². The molecule has 1 aromatic rings. The van der Waals surface area contributed by atoms with Gasteiger partial charge in [0.2, 0.25) is 10.0 Å². The second-order valence-corrected chi connectivity index (χ2v) is 6.39. The van der Waals surface area contributed by atoms with Gasteiger partial charge in [-0.05, 0) is 31.5 Å². The number of benzene rings is 1. The molecular formula is C13H21FN2O2S. The van der Waals surface area contributed by atoms with Gasteiger partial charge in [0.1, 0.15) is 10.7 Å². The topological polar surface area (TPSA) is 72.2 Å². The fourth-order valence-electron chi connectivity index (χ4n) is 1.82. The van der Waals surface area contributed by atoms with Gasteiger partial charge < -0.3 is 5.73 Å². The molecule has 0 saturated heterocycles. The van der Waals surface area contributed by atoms with Crippen LogP contribution < -0.4 is 10.5 Å². The Morgan fingerprint density at radius 2 is 2.05 bits per heavy atom. The lowest BCUT2D eigenvalue weighted by Gasteiger charge is -2.14. The van der Waals surface area contributed by atoms with Gasteiger partial charge >= 0.3 is 0 Å². The highest BCUT2D eigenvalue weighted by Crippen LogP contribution is 2.18. The van der Waals surface area contributed by atoms with Gasteiger partial charge in [0.05, 0.1) is 0 Å². The number of nitrogens with two attached hydrogens (primary N) is 1. The quantitative estimate of drug-likeness (QED) is 0.598. The summed E-state index contributed by atoms with van der Waals surface area (Å²) in [5.41, 5.74) is 5.60. The predicted octanol–water partition coefficient (Wildman–Crippen LogP) is 2.66. The van der Waals surface area contributed by atoms with Crippen LogP contribution in [-0.2, 0) is 10.0 Å². The standard InChI is InChI=1S/C13H21FN2O2S/c1-3-4-5-6-10(2)16-19(17,18)13-8-7-11(15)9-12(13)14/h7-10,16H,3-6,15H2,1-2H3. The molecule has 0 aliphatic carbocycles. The maximum atomic E-state index is 13.6. The molecule has 0 fully saturated rings. The van der Waals surface area contributed by atoms with Gasteiger partial charge in [0.25, 0.3) is 0 Å². The molecule has 0 heterocycles. The van der Waals surface area contributed by atoms with Gasteiger partial charge in [-0.25, -0.2) is 17.5 Å². The number of sulfonamides is 1. The number of hydrogen-bond acceptors (Lipinski definition) is 3. The van der Waals surface area contributed by atoms with Crippen LogP contribution in [0.3, 0.4) is 0 Å². The van der Waals surface area contributed by atoms with E-state index in [2.05, 4.69) is 11.6 Å². The van der Waals surface area contributed by atoms with E-state index in [0.717, 1.165) is 31.7 Å². The first-order valence-electron chi connectivity index (χ1n) is 6.44. The third kappa shape index (κ3) is 4.80. The van der Waals surface area contributed by atoms with Crippen LogP contribution in [0.2, 0.25) is 0 Å². The van der Waals surface area contributed by atoms with Crippen molar-refractivity contribution in [2.45, 2.75) is 50.5 Å². The minimum atomic E-state index is -3.82. The molecule has 19 heavy (non-hydrogen) atoms. The average molecular weight is 288 g/mol. The number of hydrogen-bond donors (Lipinski definition) is 2. The molecule has 0 amide bonds. The highest BCUT2D eigenvalue weighted by molar-refractivity contribution is 7.89. The lowest BCUT2D eigenvalue weighted by molar-refractivity contribution is 0.519. The molecule has 108 valence electrons. The molecule has 4 nitrogen and oxygen atoms in total. The predicted molar refractivity (Wildman–Crippen MR) is 74.7 cm³/mol. The van der Waals surface area contributed by atoms with E-state index in [-0.39, 0.29) is 16.6 Å². The van der Waals surface area contributed by atoms with Crippen molar-refractivity contribution in [3.8, 4) is 0 Å². The molecule has 3 N–H and O–H groups in total. The normalized spacial score (nSPS) is 13.4. The Morgan fingerprint density at radius 3 is 2.63 bits per heavy atom. The molecule has 0 spiro atoms. The monoisotopic (exact) mass is 288 g/mol. The van der Waals surface area contributed by atoms with Crippen molar-refractivity contribution in [3.63, 3.8) is 0 Å². The lowest BCUT2D eigenvalue weighted by atomic mass is 10.1. The molecule has 0 aliphatic heterocycles. The summed E-state index contributed by atoms with van der Waals surface area (Å²) in [5.74, 6) is -0.826. The highest BCUT2D eigenvalue weighted by Gasteiger charge is 2.21. The van der Waals surface area contributed by atoms with Crippen LogP contribution >= 0.6 is 0 Å². The highest BCUT2D eigenvalue weighted by atomic mass is 32.2. The summed E-state index contributed by atoms with van der Waals surface area (Å²) in [7, 11) is -3.82. The summed E-state index contributed by atoms with van der Waals surface area (Å²) in [6.45, 7) is 3.86. The van der Waals surface area contributed by atoms with Crippen molar-refractivity contribution in [1.29, 1.82) is 0 Å². The smallest absolute Gasteiger partial charge is 0.243 e. The molecule has 0 saturated carbocycles. The van der Waals surface area contributed by atoms with Crippen molar-refractivity contribution in [2.75, 3.05) is 5.73 Å². The maximum Gasteiger partial charge on any atom is 0.243 e. The summed E-state index contributed by atoms with van der Waals surface area (Å²) in [6.07, 6.45) is 3.82. The molecule has 0 radical (unpaired) electrons. The van der Waals surface area contributed by atoms with Crippen LogP contribution in [0, 0.1) is 5.82 Å². The van der Waals surface area contributed by atoms with E-state index in [1.54, 1.807) is 6.92 Å². The second-order valence-electron chi connectivity index (χ2n) is 4.71.